The van der Waals surface area contributed by atoms with Crippen molar-refractivity contribution in [2.24, 2.45) is 0 Å². The molecule has 4 nitrogen and oxygen atoms in total. The molecular weight excluding hydrogens is 218 g/mol. The molecule has 1 aromatic carbocycles. The van der Waals surface area contributed by atoms with E-state index in [1.54, 1.807) is 18.2 Å². The summed E-state index contributed by atoms with van der Waals surface area (Å²) in [4.78, 5) is 14.7. The van der Waals surface area contributed by atoms with Crippen molar-refractivity contribution in [3.05, 3.63) is 53.7 Å². The van der Waals surface area contributed by atoms with Gasteiger partial charge in [0, 0.05) is 5.56 Å². The van der Waals surface area contributed by atoms with Crippen LogP contribution in [0.25, 0.3) is 0 Å². The molecule has 1 heterocycles. The first-order valence-corrected chi connectivity index (χ1v) is 5.10. The van der Waals surface area contributed by atoms with Gasteiger partial charge in [-0.05, 0) is 25.1 Å². The number of aromatic nitrogens is 1. The fourth-order valence-corrected chi connectivity index (χ4v) is 1.33. The highest BCUT2D eigenvalue weighted by molar-refractivity contribution is 5.85. The van der Waals surface area contributed by atoms with E-state index in [9.17, 15) is 4.79 Å². The highest BCUT2D eigenvalue weighted by Gasteiger charge is 2.09. The number of aryl methyl sites for hydroxylation is 1. The summed E-state index contributed by atoms with van der Waals surface area (Å²) < 4.78 is 5.53. The minimum Gasteiger partial charge on any atom is -0.477 e. The Balaban J connectivity index is 2.32. The van der Waals surface area contributed by atoms with Crippen LogP contribution >= 0.6 is 0 Å². The molecule has 1 N–H and O–H groups in total. The average molecular weight is 229 g/mol. The van der Waals surface area contributed by atoms with Crippen LogP contribution in [0.1, 0.15) is 16.1 Å². The molecule has 0 bridgehead atoms. The molecule has 0 saturated heterocycles. The Labute approximate surface area is 98.5 Å². The van der Waals surface area contributed by atoms with Gasteiger partial charge in [0.15, 0.2) is 5.69 Å². The monoisotopic (exact) mass is 229 g/mol. The van der Waals surface area contributed by atoms with E-state index in [0.29, 0.717) is 11.6 Å². The lowest BCUT2D eigenvalue weighted by Gasteiger charge is -2.07. The van der Waals surface area contributed by atoms with Gasteiger partial charge in [0.2, 0.25) is 5.88 Å². The first-order valence-electron chi connectivity index (χ1n) is 5.10. The lowest BCUT2D eigenvalue weighted by atomic mass is 10.2. The fourth-order valence-electron chi connectivity index (χ4n) is 1.33. The first kappa shape index (κ1) is 11.1. The predicted molar refractivity (Wildman–Crippen MR) is 62.4 cm³/mol. The van der Waals surface area contributed by atoms with Crippen LogP contribution in [0.15, 0.2) is 42.5 Å². The van der Waals surface area contributed by atoms with Crippen LogP contribution in [-0.4, -0.2) is 16.1 Å². The van der Waals surface area contributed by atoms with E-state index >= 15 is 0 Å². The quantitative estimate of drug-likeness (QED) is 0.879. The second-order valence-electron chi connectivity index (χ2n) is 3.54. The summed E-state index contributed by atoms with van der Waals surface area (Å²) in [5.41, 5.74) is 0.764. The van der Waals surface area contributed by atoms with Crippen molar-refractivity contribution in [1.82, 2.24) is 4.98 Å². The van der Waals surface area contributed by atoms with Crippen molar-refractivity contribution in [3.8, 4) is 11.6 Å². The topological polar surface area (TPSA) is 59.4 Å². The molecule has 0 fully saturated rings. The van der Waals surface area contributed by atoms with Crippen molar-refractivity contribution in [2.45, 2.75) is 6.92 Å². The number of hydrogen-bond donors (Lipinski definition) is 1. The van der Waals surface area contributed by atoms with Crippen LogP contribution in [-0.2, 0) is 0 Å². The molecule has 17 heavy (non-hydrogen) atoms. The number of nitrogens with zero attached hydrogens (tertiary/aromatic N) is 1. The lowest BCUT2D eigenvalue weighted by Crippen LogP contribution is -2.02. The SMILES string of the molecule is Cc1ccc(C(=O)O)nc1Oc1ccccc1. The number of hydrogen-bond acceptors (Lipinski definition) is 3. The maximum Gasteiger partial charge on any atom is 0.354 e. The summed E-state index contributed by atoms with van der Waals surface area (Å²) >= 11 is 0. The van der Waals surface area contributed by atoms with E-state index in [-0.39, 0.29) is 5.69 Å². The molecule has 0 aliphatic carbocycles. The molecule has 86 valence electrons. The summed E-state index contributed by atoms with van der Waals surface area (Å²) in [5, 5.41) is 8.85. The standard InChI is InChI=1S/C13H11NO3/c1-9-7-8-11(13(15)16)14-12(9)17-10-5-3-2-4-6-10/h2-8H,1H3,(H,15,16). The smallest absolute Gasteiger partial charge is 0.354 e. The number of carboxylic acids is 1. The second kappa shape index (κ2) is 4.65. The minimum atomic E-state index is -1.07. The number of pyridine rings is 1. The molecule has 0 aliphatic rings. The number of carboxylic acid groups (broad SMARTS) is 1. The van der Waals surface area contributed by atoms with Crippen LogP contribution < -0.4 is 4.74 Å². The van der Waals surface area contributed by atoms with Crippen LogP contribution in [0.3, 0.4) is 0 Å². The molecule has 0 unspecified atom stereocenters. The zero-order chi connectivity index (χ0) is 12.3. The Morgan fingerprint density at radius 2 is 1.88 bits per heavy atom. The molecule has 4 heteroatoms. The van der Waals surface area contributed by atoms with Crippen LogP contribution in [0, 0.1) is 6.92 Å². The van der Waals surface area contributed by atoms with Gasteiger partial charge in [-0.2, -0.15) is 0 Å². The van der Waals surface area contributed by atoms with Crippen molar-refractivity contribution in [2.75, 3.05) is 0 Å². The van der Waals surface area contributed by atoms with Gasteiger partial charge in [0.25, 0.3) is 0 Å². The van der Waals surface area contributed by atoms with Gasteiger partial charge in [0.1, 0.15) is 5.75 Å². The summed E-state index contributed by atoms with van der Waals surface area (Å²) in [7, 11) is 0. The zero-order valence-electron chi connectivity index (χ0n) is 9.25. The molecule has 0 aliphatic heterocycles. The summed E-state index contributed by atoms with van der Waals surface area (Å²) in [6.07, 6.45) is 0. The van der Waals surface area contributed by atoms with E-state index in [0.717, 1.165) is 5.56 Å². The molecule has 0 atom stereocenters. The molecular formula is C13H11NO3. The van der Waals surface area contributed by atoms with Gasteiger partial charge in [-0.15, -0.1) is 0 Å². The minimum absolute atomic E-state index is 0.0264. The largest absolute Gasteiger partial charge is 0.477 e. The van der Waals surface area contributed by atoms with E-state index in [2.05, 4.69) is 4.98 Å². The van der Waals surface area contributed by atoms with E-state index in [1.165, 1.54) is 6.07 Å². The van der Waals surface area contributed by atoms with Gasteiger partial charge in [-0.3, -0.25) is 0 Å². The zero-order valence-corrected chi connectivity index (χ0v) is 9.25. The number of carbonyl (C=O) groups is 1. The third-order valence-electron chi connectivity index (χ3n) is 2.23. The molecule has 0 radical (unpaired) electrons. The Morgan fingerprint density at radius 1 is 1.18 bits per heavy atom. The number of rotatable bonds is 3. The Bertz CT molecular complexity index is 538. The third kappa shape index (κ3) is 2.60. The van der Waals surface area contributed by atoms with E-state index < -0.39 is 5.97 Å². The normalized spacial score (nSPS) is 9.94. The Kier molecular flexibility index (Phi) is 3.05. The van der Waals surface area contributed by atoms with E-state index in [4.69, 9.17) is 9.84 Å². The van der Waals surface area contributed by atoms with Crippen molar-refractivity contribution < 1.29 is 14.6 Å². The van der Waals surface area contributed by atoms with Gasteiger partial charge in [-0.1, -0.05) is 24.3 Å². The van der Waals surface area contributed by atoms with Crippen LogP contribution in [0.5, 0.6) is 11.6 Å². The molecule has 2 rings (SSSR count). The van der Waals surface area contributed by atoms with Gasteiger partial charge in [0.05, 0.1) is 0 Å². The molecule has 2 aromatic rings. The average Bonchev–Trinajstić information content (AvgIpc) is 2.33. The second-order valence-corrected chi connectivity index (χ2v) is 3.54. The van der Waals surface area contributed by atoms with E-state index in [1.807, 2.05) is 25.1 Å². The highest BCUT2D eigenvalue weighted by Crippen LogP contribution is 2.22. The van der Waals surface area contributed by atoms with Crippen molar-refractivity contribution in [1.29, 1.82) is 0 Å². The first-order chi connectivity index (χ1) is 8.16. The van der Waals surface area contributed by atoms with Crippen LogP contribution in [0.4, 0.5) is 0 Å². The molecule has 1 aromatic heterocycles. The Morgan fingerprint density at radius 3 is 2.53 bits per heavy atom. The lowest BCUT2D eigenvalue weighted by molar-refractivity contribution is 0.0689. The predicted octanol–water partition coefficient (Wildman–Crippen LogP) is 2.88. The maximum absolute atomic E-state index is 10.8. The summed E-state index contributed by atoms with van der Waals surface area (Å²) in [6.45, 7) is 1.82. The number of benzene rings is 1. The number of para-hydroxylation sites is 1. The van der Waals surface area contributed by atoms with Crippen LogP contribution in [0.2, 0.25) is 0 Å². The van der Waals surface area contributed by atoms with Gasteiger partial charge in [-0.25, -0.2) is 9.78 Å². The number of ether oxygens (including phenoxy) is 1. The summed E-state index contributed by atoms with van der Waals surface area (Å²) in [6, 6.07) is 12.3. The maximum atomic E-state index is 10.8. The molecule has 0 amide bonds. The molecule has 0 spiro atoms. The number of aromatic carboxylic acids is 1. The summed E-state index contributed by atoms with van der Waals surface area (Å²) in [5.74, 6) is -0.121. The third-order valence-corrected chi connectivity index (χ3v) is 2.23. The fraction of sp³-hybridized carbons (Fsp3) is 0.0769. The van der Waals surface area contributed by atoms with Crippen molar-refractivity contribution in [3.63, 3.8) is 0 Å². The van der Waals surface area contributed by atoms with Gasteiger partial charge < -0.3 is 9.84 Å². The van der Waals surface area contributed by atoms with Gasteiger partial charge >= 0.3 is 5.97 Å². The Hall–Kier alpha value is -2.36. The van der Waals surface area contributed by atoms with Crippen molar-refractivity contribution >= 4 is 5.97 Å². The highest BCUT2D eigenvalue weighted by atomic mass is 16.5. The molecule has 0 saturated carbocycles.